The fourth-order valence-electron chi connectivity index (χ4n) is 3.98. The molecule has 2 aromatic carbocycles. The Morgan fingerprint density at radius 1 is 1.00 bits per heavy atom. The molecule has 186 valence electrons. The largest absolute Gasteiger partial charge is 0.460 e. The highest BCUT2D eigenvalue weighted by atomic mass is 32.1. The molecule has 0 aliphatic heterocycles. The minimum Gasteiger partial charge on any atom is -0.460 e. The molecule has 1 aromatic heterocycles. The fourth-order valence-corrected chi connectivity index (χ4v) is 4.11. The van der Waals surface area contributed by atoms with Crippen molar-refractivity contribution in [3.63, 3.8) is 0 Å². The number of nitrogens with two attached hydrogens (primary N) is 1. The first-order valence-corrected chi connectivity index (χ1v) is 12.5. The molecule has 6 nitrogen and oxygen atoms in total. The molecule has 1 heterocycles. The molecule has 35 heavy (non-hydrogen) atoms. The second kappa shape index (κ2) is 12.0. The zero-order valence-electron chi connectivity index (χ0n) is 20.8. The lowest BCUT2D eigenvalue weighted by Crippen LogP contribution is -2.27. The minimum absolute atomic E-state index is 0.109. The molecule has 0 unspecified atom stereocenters. The van der Waals surface area contributed by atoms with Crippen molar-refractivity contribution in [3.8, 4) is 0 Å². The molecule has 0 saturated heterocycles. The van der Waals surface area contributed by atoms with Gasteiger partial charge in [-0.15, -0.1) is 0 Å². The van der Waals surface area contributed by atoms with Crippen LogP contribution in [0, 0.1) is 0 Å². The van der Waals surface area contributed by atoms with Crippen LogP contribution in [0.2, 0.25) is 0 Å². The lowest BCUT2D eigenvalue weighted by Gasteiger charge is -2.19. The van der Waals surface area contributed by atoms with Gasteiger partial charge in [-0.3, -0.25) is 9.59 Å². The number of hydrogen-bond acceptors (Lipinski definition) is 4. The number of ether oxygens (including phenoxy) is 1. The molecule has 0 aliphatic carbocycles. The average molecular weight is 494 g/mol. The van der Waals surface area contributed by atoms with Crippen LogP contribution >= 0.6 is 12.2 Å². The van der Waals surface area contributed by atoms with Gasteiger partial charge in [-0.1, -0.05) is 55.4 Å². The molecule has 0 spiro atoms. The maximum Gasteiger partial charge on any atom is 0.306 e. The highest BCUT2D eigenvalue weighted by molar-refractivity contribution is 7.80. The molecule has 0 bridgehead atoms. The predicted molar refractivity (Wildman–Crippen MR) is 145 cm³/mol. The number of benzene rings is 2. The normalized spacial score (nSPS) is 11.4. The summed E-state index contributed by atoms with van der Waals surface area (Å²) in [4.78, 5) is 25.2. The number of carbonyl (C=O) groups is 2. The quantitative estimate of drug-likeness (QED) is 0.214. The Morgan fingerprint density at radius 3 is 2.40 bits per heavy atom. The molecule has 7 heteroatoms. The van der Waals surface area contributed by atoms with Crippen molar-refractivity contribution in [1.29, 1.82) is 0 Å². The summed E-state index contributed by atoms with van der Waals surface area (Å²) in [6.07, 6.45) is 3.93. The predicted octanol–water partition coefficient (Wildman–Crippen LogP) is 5.35. The number of aromatic nitrogens is 1. The van der Waals surface area contributed by atoms with Gasteiger partial charge in [0.05, 0.1) is 0 Å². The van der Waals surface area contributed by atoms with Crippen LogP contribution in [-0.2, 0) is 16.1 Å². The maximum atomic E-state index is 13.1. The van der Waals surface area contributed by atoms with E-state index in [1.807, 2.05) is 79.9 Å². The molecular formula is C28H35N3O3S. The number of nitrogens with zero attached hydrogens (tertiary/aromatic N) is 1. The SMILES string of the molecule is CC(C)(C)OC(=O)CCCCCCNC(=O)c1cc2cc(C(N)=S)ccc2n1Cc1ccccc1. The van der Waals surface area contributed by atoms with E-state index in [0.29, 0.717) is 30.2 Å². The zero-order chi connectivity index (χ0) is 25.4. The van der Waals surface area contributed by atoms with Crippen LogP contribution in [0.4, 0.5) is 0 Å². The van der Waals surface area contributed by atoms with E-state index in [2.05, 4.69) is 5.32 Å². The molecule has 3 N–H and O–H groups in total. The summed E-state index contributed by atoms with van der Waals surface area (Å²) >= 11 is 5.13. The number of thiocarbonyl (C=S) groups is 1. The van der Waals surface area contributed by atoms with E-state index in [-0.39, 0.29) is 11.9 Å². The van der Waals surface area contributed by atoms with Crippen LogP contribution in [0.1, 0.15) is 74.5 Å². The number of carbonyl (C=O) groups excluding carboxylic acids is 2. The van der Waals surface area contributed by atoms with Gasteiger partial charge in [-0.25, -0.2) is 0 Å². The van der Waals surface area contributed by atoms with E-state index in [9.17, 15) is 9.59 Å². The molecule has 0 aliphatic rings. The number of fused-ring (bicyclic) bond motifs is 1. The number of amides is 1. The first-order valence-electron chi connectivity index (χ1n) is 12.1. The lowest BCUT2D eigenvalue weighted by molar-refractivity contribution is -0.154. The van der Waals surface area contributed by atoms with E-state index >= 15 is 0 Å². The molecule has 3 rings (SSSR count). The van der Waals surface area contributed by atoms with Gasteiger partial charge in [0.1, 0.15) is 16.3 Å². The van der Waals surface area contributed by atoms with Gasteiger partial charge in [0.2, 0.25) is 0 Å². The smallest absolute Gasteiger partial charge is 0.306 e. The van der Waals surface area contributed by atoms with Crippen molar-refractivity contribution in [2.75, 3.05) is 6.54 Å². The maximum absolute atomic E-state index is 13.1. The number of rotatable bonds is 11. The van der Waals surface area contributed by atoms with Crippen molar-refractivity contribution >= 4 is 40.0 Å². The summed E-state index contributed by atoms with van der Waals surface area (Å²) in [6.45, 7) is 6.79. The lowest BCUT2D eigenvalue weighted by atomic mass is 10.1. The van der Waals surface area contributed by atoms with Crippen LogP contribution in [0.25, 0.3) is 10.9 Å². The van der Waals surface area contributed by atoms with Gasteiger partial charge in [-0.05, 0) is 63.4 Å². The van der Waals surface area contributed by atoms with Crippen LogP contribution in [0.15, 0.2) is 54.6 Å². The topological polar surface area (TPSA) is 86.3 Å². The Labute approximate surface area is 212 Å². The molecular weight excluding hydrogens is 458 g/mol. The fraction of sp³-hybridized carbons (Fsp3) is 0.393. The molecule has 0 atom stereocenters. The third-order valence-electron chi connectivity index (χ3n) is 5.62. The highest BCUT2D eigenvalue weighted by Crippen LogP contribution is 2.23. The Bertz CT molecular complexity index is 1180. The summed E-state index contributed by atoms with van der Waals surface area (Å²) in [5.74, 6) is -0.265. The summed E-state index contributed by atoms with van der Waals surface area (Å²) in [7, 11) is 0. The average Bonchev–Trinajstić information content (AvgIpc) is 3.15. The first-order chi connectivity index (χ1) is 16.6. The monoisotopic (exact) mass is 493 g/mol. The van der Waals surface area contributed by atoms with Gasteiger partial charge in [0, 0.05) is 36.0 Å². The summed E-state index contributed by atoms with van der Waals surface area (Å²) in [5, 5.41) is 3.98. The minimum atomic E-state index is -0.442. The Kier molecular flexibility index (Phi) is 9.04. The number of esters is 1. The van der Waals surface area contributed by atoms with Crippen LogP contribution in [-0.4, -0.2) is 33.6 Å². The standard InChI is InChI=1S/C28H35N3O3S/c1-28(2,3)34-25(32)13-9-4-5-10-16-30-27(33)24-18-22-17-21(26(29)35)14-15-23(22)31(24)19-20-11-7-6-8-12-20/h6-8,11-12,14-15,17-18H,4-5,9-10,13,16,19H2,1-3H3,(H2,29,35)(H,30,33). The Hall–Kier alpha value is -3.19. The van der Waals surface area contributed by atoms with E-state index in [1.54, 1.807) is 0 Å². The van der Waals surface area contributed by atoms with Crippen LogP contribution in [0.5, 0.6) is 0 Å². The molecule has 0 radical (unpaired) electrons. The van der Waals surface area contributed by atoms with Crippen LogP contribution in [0.3, 0.4) is 0 Å². The van der Waals surface area contributed by atoms with Crippen molar-refractivity contribution in [3.05, 3.63) is 71.4 Å². The highest BCUT2D eigenvalue weighted by Gasteiger charge is 2.17. The van der Waals surface area contributed by atoms with E-state index in [1.165, 1.54) is 0 Å². The van der Waals surface area contributed by atoms with E-state index in [4.69, 9.17) is 22.7 Å². The van der Waals surface area contributed by atoms with Gasteiger partial charge < -0.3 is 20.4 Å². The molecule has 0 saturated carbocycles. The molecule has 1 amide bonds. The molecule has 0 fully saturated rings. The van der Waals surface area contributed by atoms with Gasteiger partial charge in [-0.2, -0.15) is 0 Å². The van der Waals surface area contributed by atoms with Crippen molar-refractivity contribution in [2.24, 2.45) is 5.73 Å². The zero-order valence-corrected chi connectivity index (χ0v) is 21.6. The first kappa shape index (κ1) is 26.4. The van der Waals surface area contributed by atoms with Gasteiger partial charge in [0.15, 0.2) is 0 Å². The third kappa shape index (κ3) is 7.92. The van der Waals surface area contributed by atoms with Crippen molar-refractivity contribution < 1.29 is 14.3 Å². The third-order valence-corrected chi connectivity index (χ3v) is 5.85. The second-order valence-corrected chi connectivity index (χ2v) is 10.2. The van der Waals surface area contributed by atoms with Crippen molar-refractivity contribution in [2.45, 2.75) is 65.0 Å². The van der Waals surface area contributed by atoms with Gasteiger partial charge >= 0.3 is 5.97 Å². The molecule has 3 aromatic rings. The van der Waals surface area contributed by atoms with E-state index in [0.717, 1.165) is 47.7 Å². The van der Waals surface area contributed by atoms with Gasteiger partial charge in [0.25, 0.3) is 5.91 Å². The summed E-state index contributed by atoms with van der Waals surface area (Å²) < 4.78 is 7.36. The Balaban J connectivity index is 1.59. The number of unbranched alkanes of at least 4 members (excludes halogenated alkanes) is 3. The summed E-state index contributed by atoms with van der Waals surface area (Å²) in [5.41, 5.74) is 8.83. The number of nitrogens with one attached hydrogen (secondary N) is 1. The van der Waals surface area contributed by atoms with Crippen molar-refractivity contribution in [1.82, 2.24) is 9.88 Å². The van der Waals surface area contributed by atoms with E-state index < -0.39 is 5.60 Å². The second-order valence-electron chi connectivity index (χ2n) is 9.75. The van der Waals surface area contributed by atoms with Crippen LogP contribution < -0.4 is 11.1 Å². The Morgan fingerprint density at radius 2 is 1.71 bits per heavy atom. The summed E-state index contributed by atoms with van der Waals surface area (Å²) in [6, 6.07) is 17.8. The number of hydrogen-bond donors (Lipinski definition) is 2.